The Morgan fingerprint density at radius 2 is 2.12 bits per heavy atom. The molecule has 1 aromatic heterocycles. The van der Waals surface area contributed by atoms with E-state index in [4.69, 9.17) is 10.8 Å². The molecule has 0 bridgehead atoms. The van der Waals surface area contributed by atoms with Gasteiger partial charge in [0.1, 0.15) is 10.7 Å². The third-order valence-corrected chi connectivity index (χ3v) is 3.68. The van der Waals surface area contributed by atoms with Gasteiger partial charge in [-0.3, -0.25) is 0 Å². The maximum Gasteiger partial charge on any atom is 0.346 e. The van der Waals surface area contributed by atoms with Crippen LogP contribution in [0.4, 0.5) is 10.1 Å². The number of carboxylic acid groups (broad SMARTS) is 1. The molecule has 0 amide bonds. The molecule has 0 radical (unpaired) electrons. The van der Waals surface area contributed by atoms with Gasteiger partial charge in [0.25, 0.3) is 0 Å². The lowest BCUT2D eigenvalue weighted by Gasteiger charge is -2.06. The largest absolute Gasteiger partial charge is 0.477 e. The zero-order valence-corrected chi connectivity index (χ0v) is 10.8. The number of halogens is 2. The maximum absolute atomic E-state index is 13.9. The first-order valence-electron chi connectivity index (χ1n) is 4.56. The predicted molar refractivity (Wildman–Crippen MR) is 68.8 cm³/mol. The number of hydrogen-bond acceptors (Lipinski definition) is 3. The van der Waals surface area contributed by atoms with Crippen molar-refractivity contribution >= 4 is 38.9 Å². The Morgan fingerprint density at radius 1 is 1.41 bits per heavy atom. The van der Waals surface area contributed by atoms with E-state index in [1.54, 1.807) is 11.4 Å². The summed E-state index contributed by atoms with van der Waals surface area (Å²) in [5, 5.41) is 10.6. The molecule has 6 heteroatoms. The number of nitrogen functional groups attached to an aromatic ring is 1. The quantitative estimate of drug-likeness (QED) is 0.832. The van der Waals surface area contributed by atoms with Crippen LogP contribution in [0.15, 0.2) is 28.1 Å². The summed E-state index contributed by atoms with van der Waals surface area (Å²) in [6.07, 6.45) is 0. The summed E-state index contributed by atoms with van der Waals surface area (Å²) in [7, 11) is 0. The van der Waals surface area contributed by atoms with Crippen molar-refractivity contribution in [2.45, 2.75) is 0 Å². The van der Waals surface area contributed by atoms with Crippen LogP contribution in [0.1, 0.15) is 9.67 Å². The molecular weight excluding hydrogens is 309 g/mol. The number of thiophene rings is 1. The van der Waals surface area contributed by atoms with Gasteiger partial charge in [0.15, 0.2) is 0 Å². The van der Waals surface area contributed by atoms with Crippen molar-refractivity contribution < 1.29 is 14.3 Å². The first-order valence-corrected chi connectivity index (χ1v) is 6.23. The van der Waals surface area contributed by atoms with Crippen LogP contribution >= 0.6 is 27.3 Å². The molecule has 0 aliphatic heterocycles. The van der Waals surface area contributed by atoms with Crippen molar-refractivity contribution in [3.8, 4) is 11.1 Å². The molecule has 1 heterocycles. The summed E-state index contributed by atoms with van der Waals surface area (Å²) >= 11 is 4.10. The highest BCUT2D eigenvalue weighted by molar-refractivity contribution is 9.10. The van der Waals surface area contributed by atoms with E-state index in [9.17, 15) is 9.18 Å². The lowest BCUT2D eigenvalue weighted by molar-refractivity contribution is 0.0703. The summed E-state index contributed by atoms with van der Waals surface area (Å²) < 4.78 is 14.1. The number of benzene rings is 1. The van der Waals surface area contributed by atoms with Gasteiger partial charge in [-0.1, -0.05) is 0 Å². The molecule has 0 spiro atoms. The monoisotopic (exact) mass is 315 g/mol. The fourth-order valence-corrected chi connectivity index (χ4v) is 2.72. The minimum atomic E-state index is -1.08. The molecule has 88 valence electrons. The average molecular weight is 316 g/mol. The van der Waals surface area contributed by atoms with Gasteiger partial charge in [0, 0.05) is 16.8 Å². The zero-order chi connectivity index (χ0) is 12.6. The van der Waals surface area contributed by atoms with E-state index in [2.05, 4.69) is 15.9 Å². The number of anilines is 1. The summed E-state index contributed by atoms with van der Waals surface area (Å²) in [5.74, 6) is -1.59. The molecule has 0 aliphatic carbocycles. The molecule has 0 atom stereocenters. The van der Waals surface area contributed by atoms with Crippen molar-refractivity contribution in [2.75, 3.05) is 5.73 Å². The van der Waals surface area contributed by atoms with Crippen molar-refractivity contribution in [2.24, 2.45) is 0 Å². The highest BCUT2D eigenvalue weighted by Gasteiger charge is 2.18. The average Bonchev–Trinajstić information content (AvgIpc) is 2.72. The van der Waals surface area contributed by atoms with Crippen LogP contribution < -0.4 is 5.73 Å². The molecule has 3 nitrogen and oxygen atoms in total. The van der Waals surface area contributed by atoms with Crippen LogP contribution in [0.5, 0.6) is 0 Å². The molecule has 2 rings (SSSR count). The van der Waals surface area contributed by atoms with Gasteiger partial charge in [-0.2, -0.15) is 0 Å². The summed E-state index contributed by atoms with van der Waals surface area (Å²) in [5.41, 5.74) is 6.52. The van der Waals surface area contributed by atoms with E-state index in [-0.39, 0.29) is 14.9 Å². The molecule has 1 aromatic carbocycles. The summed E-state index contributed by atoms with van der Waals surface area (Å²) in [6, 6.07) is 4.43. The lowest BCUT2D eigenvalue weighted by Crippen LogP contribution is -1.97. The second-order valence-corrected chi connectivity index (χ2v) is 5.10. The standard InChI is InChI=1S/C11H7BrFNO2S/c12-8-4-5(14)3-7(9(8)13)6-1-2-17-10(6)11(15)16/h1-4H,14H2,(H,15,16). The Labute approximate surface area is 109 Å². The first-order chi connectivity index (χ1) is 8.00. The van der Waals surface area contributed by atoms with E-state index < -0.39 is 11.8 Å². The fourth-order valence-electron chi connectivity index (χ4n) is 1.49. The molecule has 0 saturated carbocycles. The van der Waals surface area contributed by atoms with Gasteiger partial charge < -0.3 is 10.8 Å². The minimum absolute atomic E-state index is 0.0985. The SMILES string of the molecule is Nc1cc(Br)c(F)c(-c2ccsc2C(=O)O)c1. The predicted octanol–water partition coefficient (Wildman–Crippen LogP) is 3.60. The van der Waals surface area contributed by atoms with Crippen LogP contribution in [0.3, 0.4) is 0 Å². The first kappa shape index (κ1) is 12.1. The number of aromatic carboxylic acids is 1. The van der Waals surface area contributed by atoms with Crippen LogP contribution in [0.25, 0.3) is 11.1 Å². The molecule has 0 unspecified atom stereocenters. The Morgan fingerprint density at radius 3 is 2.76 bits per heavy atom. The smallest absolute Gasteiger partial charge is 0.346 e. The number of carboxylic acids is 1. The van der Waals surface area contributed by atoms with Crippen LogP contribution in [-0.4, -0.2) is 11.1 Å². The Bertz CT molecular complexity index is 597. The van der Waals surface area contributed by atoms with Gasteiger partial charge in [0.2, 0.25) is 0 Å². The number of rotatable bonds is 2. The molecule has 0 saturated heterocycles. The summed E-state index contributed by atoms with van der Waals surface area (Å²) in [6.45, 7) is 0. The number of carbonyl (C=O) groups is 1. The molecular formula is C11H7BrFNO2S. The minimum Gasteiger partial charge on any atom is -0.477 e. The third-order valence-electron chi connectivity index (χ3n) is 2.20. The summed E-state index contributed by atoms with van der Waals surface area (Å²) in [4.78, 5) is 11.1. The van der Waals surface area contributed by atoms with E-state index in [1.807, 2.05) is 0 Å². The van der Waals surface area contributed by atoms with Crippen LogP contribution in [0.2, 0.25) is 0 Å². The van der Waals surface area contributed by atoms with Crippen molar-refractivity contribution in [1.29, 1.82) is 0 Å². The van der Waals surface area contributed by atoms with Gasteiger partial charge >= 0.3 is 5.97 Å². The lowest BCUT2D eigenvalue weighted by atomic mass is 10.1. The fraction of sp³-hybridized carbons (Fsp3) is 0. The number of hydrogen-bond donors (Lipinski definition) is 2. The molecule has 17 heavy (non-hydrogen) atoms. The molecule has 3 N–H and O–H groups in total. The maximum atomic E-state index is 13.9. The van der Waals surface area contributed by atoms with Gasteiger partial charge in [-0.25, -0.2) is 9.18 Å². The van der Waals surface area contributed by atoms with E-state index >= 15 is 0 Å². The zero-order valence-electron chi connectivity index (χ0n) is 8.41. The van der Waals surface area contributed by atoms with Crippen LogP contribution in [-0.2, 0) is 0 Å². The molecule has 0 aliphatic rings. The van der Waals surface area contributed by atoms with Crippen molar-refractivity contribution in [3.05, 3.63) is 38.7 Å². The van der Waals surface area contributed by atoms with Gasteiger partial charge in [-0.05, 0) is 39.5 Å². The Balaban J connectivity index is 2.68. The van der Waals surface area contributed by atoms with E-state index in [0.29, 0.717) is 11.3 Å². The normalized spacial score (nSPS) is 10.5. The second-order valence-electron chi connectivity index (χ2n) is 3.33. The van der Waals surface area contributed by atoms with Gasteiger partial charge in [0.05, 0.1) is 4.47 Å². The van der Waals surface area contributed by atoms with E-state index in [0.717, 1.165) is 11.3 Å². The van der Waals surface area contributed by atoms with Crippen LogP contribution in [0, 0.1) is 5.82 Å². The van der Waals surface area contributed by atoms with Gasteiger partial charge in [-0.15, -0.1) is 11.3 Å². The topological polar surface area (TPSA) is 63.3 Å². The van der Waals surface area contributed by atoms with E-state index in [1.165, 1.54) is 12.1 Å². The highest BCUT2D eigenvalue weighted by Crippen LogP contribution is 2.34. The second kappa shape index (κ2) is 4.46. The number of nitrogens with two attached hydrogens (primary N) is 1. The third kappa shape index (κ3) is 2.18. The molecule has 2 aromatic rings. The van der Waals surface area contributed by atoms with Crippen molar-refractivity contribution in [3.63, 3.8) is 0 Å². The Hall–Kier alpha value is -1.40. The highest BCUT2D eigenvalue weighted by atomic mass is 79.9. The Kier molecular flexibility index (Phi) is 3.17. The molecule has 0 fully saturated rings. The van der Waals surface area contributed by atoms with Crippen molar-refractivity contribution in [1.82, 2.24) is 0 Å².